The summed E-state index contributed by atoms with van der Waals surface area (Å²) in [6, 6.07) is 1.65. The van der Waals surface area contributed by atoms with Gasteiger partial charge in [0.05, 0.1) is 6.42 Å². The molecule has 3 saturated heterocycles. The average molecular weight is 252 g/mol. The molecule has 4 nitrogen and oxygen atoms in total. The molecule has 3 unspecified atom stereocenters. The normalized spacial score (nSPS) is 37.9. The maximum Gasteiger partial charge on any atom is 0.304 e. The van der Waals surface area contributed by atoms with Crippen LogP contribution in [0.15, 0.2) is 0 Å². The highest BCUT2D eigenvalue weighted by molar-refractivity contribution is 5.67. The molecule has 0 aromatic heterocycles. The number of piperidine rings is 1. The molecule has 3 aliphatic heterocycles. The van der Waals surface area contributed by atoms with Crippen molar-refractivity contribution in [2.24, 2.45) is 0 Å². The SMILES string of the molecule is O=C(O)CC1CCCCN1C1CCN2CCCC12. The zero-order chi connectivity index (χ0) is 12.5. The fraction of sp³-hybridized carbons (Fsp3) is 0.929. The summed E-state index contributed by atoms with van der Waals surface area (Å²) in [5.74, 6) is -0.631. The highest BCUT2D eigenvalue weighted by Gasteiger charge is 2.42. The molecule has 0 aliphatic carbocycles. The average Bonchev–Trinajstić information content (AvgIpc) is 2.91. The molecule has 18 heavy (non-hydrogen) atoms. The van der Waals surface area contributed by atoms with Crippen LogP contribution in [0.3, 0.4) is 0 Å². The topological polar surface area (TPSA) is 43.8 Å². The van der Waals surface area contributed by atoms with E-state index in [1.807, 2.05) is 0 Å². The van der Waals surface area contributed by atoms with Crippen molar-refractivity contribution in [2.75, 3.05) is 19.6 Å². The number of likely N-dealkylation sites (tertiary alicyclic amines) is 1. The molecule has 0 radical (unpaired) electrons. The third-order valence-corrected chi connectivity index (χ3v) is 5.08. The van der Waals surface area contributed by atoms with Crippen LogP contribution in [0.5, 0.6) is 0 Å². The van der Waals surface area contributed by atoms with Crippen LogP contribution in [0.1, 0.15) is 44.9 Å². The minimum Gasteiger partial charge on any atom is -0.481 e. The van der Waals surface area contributed by atoms with Crippen molar-refractivity contribution < 1.29 is 9.90 Å². The van der Waals surface area contributed by atoms with Gasteiger partial charge >= 0.3 is 5.97 Å². The molecular weight excluding hydrogens is 228 g/mol. The Morgan fingerprint density at radius 3 is 2.72 bits per heavy atom. The van der Waals surface area contributed by atoms with Crippen LogP contribution in [0.4, 0.5) is 0 Å². The predicted molar refractivity (Wildman–Crippen MR) is 69.6 cm³/mol. The molecule has 102 valence electrons. The highest BCUT2D eigenvalue weighted by Crippen LogP contribution is 2.35. The molecule has 3 aliphatic rings. The lowest BCUT2D eigenvalue weighted by atomic mass is 9.94. The van der Waals surface area contributed by atoms with Gasteiger partial charge in [-0.1, -0.05) is 6.42 Å². The molecule has 0 aromatic carbocycles. The first-order valence-corrected chi connectivity index (χ1v) is 7.47. The van der Waals surface area contributed by atoms with Crippen molar-refractivity contribution in [3.63, 3.8) is 0 Å². The molecule has 0 bridgehead atoms. The van der Waals surface area contributed by atoms with E-state index in [9.17, 15) is 4.79 Å². The van der Waals surface area contributed by atoms with Crippen LogP contribution in [0, 0.1) is 0 Å². The summed E-state index contributed by atoms with van der Waals surface area (Å²) >= 11 is 0. The molecule has 3 heterocycles. The lowest BCUT2D eigenvalue weighted by Crippen LogP contribution is -2.51. The van der Waals surface area contributed by atoms with Gasteiger partial charge in [0.25, 0.3) is 0 Å². The minimum atomic E-state index is -0.631. The summed E-state index contributed by atoms with van der Waals surface area (Å²) in [5.41, 5.74) is 0. The third kappa shape index (κ3) is 2.28. The van der Waals surface area contributed by atoms with Crippen LogP contribution < -0.4 is 0 Å². The number of hydrogen-bond donors (Lipinski definition) is 1. The van der Waals surface area contributed by atoms with Crippen molar-refractivity contribution in [1.82, 2.24) is 9.80 Å². The Kier molecular flexibility index (Phi) is 3.57. The summed E-state index contributed by atoms with van der Waals surface area (Å²) in [6.45, 7) is 3.61. The molecule has 1 N–H and O–H groups in total. The molecule has 0 aromatic rings. The number of hydrogen-bond acceptors (Lipinski definition) is 3. The zero-order valence-electron chi connectivity index (χ0n) is 11.1. The fourth-order valence-electron chi connectivity index (χ4n) is 4.32. The largest absolute Gasteiger partial charge is 0.481 e. The summed E-state index contributed by atoms with van der Waals surface area (Å²) in [7, 11) is 0. The van der Waals surface area contributed by atoms with Gasteiger partial charge < -0.3 is 5.11 Å². The Balaban J connectivity index is 1.70. The molecule has 0 spiro atoms. The lowest BCUT2D eigenvalue weighted by Gasteiger charge is -2.41. The molecular formula is C14H24N2O2. The Hall–Kier alpha value is -0.610. The summed E-state index contributed by atoms with van der Waals surface area (Å²) in [4.78, 5) is 16.2. The summed E-state index contributed by atoms with van der Waals surface area (Å²) in [5, 5.41) is 9.08. The van der Waals surface area contributed by atoms with Gasteiger partial charge in [0.1, 0.15) is 0 Å². The van der Waals surface area contributed by atoms with E-state index in [0.29, 0.717) is 18.5 Å². The van der Waals surface area contributed by atoms with E-state index in [1.54, 1.807) is 0 Å². The van der Waals surface area contributed by atoms with Gasteiger partial charge in [-0.25, -0.2) is 0 Å². The van der Waals surface area contributed by atoms with Crippen LogP contribution in [-0.4, -0.2) is 58.6 Å². The Labute approximate surface area is 109 Å². The second-order valence-electron chi connectivity index (χ2n) is 6.09. The smallest absolute Gasteiger partial charge is 0.304 e. The standard InChI is InChI=1S/C14H24N2O2/c17-14(18)10-11-4-1-2-8-16(11)13-6-9-15-7-3-5-12(13)15/h11-13H,1-10H2,(H,17,18). The number of carboxylic acids is 1. The number of carboxylic acid groups (broad SMARTS) is 1. The van der Waals surface area contributed by atoms with Crippen molar-refractivity contribution in [2.45, 2.75) is 63.1 Å². The number of aliphatic carboxylic acids is 1. The molecule has 0 saturated carbocycles. The number of fused-ring (bicyclic) bond motifs is 1. The molecule has 3 fully saturated rings. The van der Waals surface area contributed by atoms with Gasteiger partial charge in [-0.05, 0) is 45.2 Å². The number of carbonyl (C=O) groups is 1. The fourth-order valence-corrected chi connectivity index (χ4v) is 4.32. The van der Waals surface area contributed by atoms with E-state index >= 15 is 0 Å². The van der Waals surface area contributed by atoms with E-state index in [1.165, 1.54) is 45.2 Å². The van der Waals surface area contributed by atoms with Gasteiger partial charge in [-0.2, -0.15) is 0 Å². The second kappa shape index (κ2) is 5.17. The third-order valence-electron chi connectivity index (χ3n) is 5.08. The monoisotopic (exact) mass is 252 g/mol. The van der Waals surface area contributed by atoms with Crippen molar-refractivity contribution in [3.05, 3.63) is 0 Å². The van der Waals surface area contributed by atoms with Gasteiger partial charge in [0, 0.05) is 24.7 Å². The first-order chi connectivity index (χ1) is 8.75. The van der Waals surface area contributed by atoms with Crippen molar-refractivity contribution in [3.8, 4) is 0 Å². The Morgan fingerprint density at radius 2 is 1.89 bits per heavy atom. The van der Waals surface area contributed by atoms with E-state index in [2.05, 4.69) is 9.80 Å². The van der Waals surface area contributed by atoms with Crippen molar-refractivity contribution >= 4 is 5.97 Å². The van der Waals surface area contributed by atoms with Crippen LogP contribution in [0.2, 0.25) is 0 Å². The summed E-state index contributed by atoms with van der Waals surface area (Å²) < 4.78 is 0. The molecule has 3 rings (SSSR count). The van der Waals surface area contributed by atoms with Crippen molar-refractivity contribution in [1.29, 1.82) is 0 Å². The summed E-state index contributed by atoms with van der Waals surface area (Å²) in [6.07, 6.45) is 7.77. The first kappa shape index (κ1) is 12.4. The predicted octanol–water partition coefficient (Wildman–Crippen LogP) is 1.55. The highest BCUT2D eigenvalue weighted by atomic mass is 16.4. The van der Waals surface area contributed by atoms with Gasteiger partial charge in [-0.15, -0.1) is 0 Å². The number of rotatable bonds is 3. The Bertz CT molecular complexity index is 321. The van der Waals surface area contributed by atoms with Gasteiger partial charge in [-0.3, -0.25) is 14.6 Å². The zero-order valence-corrected chi connectivity index (χ0v) is 11.1. The minimum absolute atomic E-state index is 0.293. The van der Waals surface area contributed by atoms with Gasteiger partial charge in [0.15, 0.2) is 0 Å². The van der Waals surface area contributed by atoms with Crippen LogP contribution >= 0.6 is 0 Å². The van der Waals surface area contributed by atoms with Crippen LogP contribution in [0.25, 0.3) is 0 Å². The van der Waals surface area contributed by atoms with Crippen LogP contribution in [-0.2, 0) is 4.79 Å². The van der Waals surface area contributed by atoms with E-state index in [4.69, 9.17) is 5.11 Å². The van der Waals surface area contributed by atoms with Gasteiger partial charge in [0.2, 0.25) is 0 Å². The van der Waals surface area contributed by atoms with E-state index in [-0.39, 0.29) is 0 Å². The molecule has 4 heteroatoms. The maximum absolute atomic E-state index is 11.0. The van der Waals surface area contributed by atoms with E-state index in [0.717, 1.165) is 19.0 Å². The molecule has 3 atom stereocenters. The van der Waals surface area contributed by atoms with E-state index < -0.39 is 5.97 Å². The first-order valence-electron chi connectivity index (χ1n) is 7.47. The quantitative estimate of drug-likeness (QED) is 0.827. The molecule has 0 amide bonds. The Morgan fingerprint density at radius 1 is 1.00 bits per heavy atom. The maximum atomic E-state index is 11.0. The number of nitrogens with zero attached hydrogens (tertiary/aromatic N) is 2. The second-order valence-corrected chi connectivity index (χ2v) is 6.09. The lowest BCUT2D eigenvalue weighted by molar-refractivity contribution is -0.139.